The molecule has 0 aliphatic carbocycles. The maximum absolute atomic E-state index is 12.7. The Balaban J connectivity index is 4.21. The molecule has 1 N–H and O–H groups in total. The van der Waals surface area contributed by atoms with Crippen LogP contribution in [0.15, 0.2) is 0 Å². The smallest absolute Gasteiger partial charge is 0.462 e. The second kappa shape index (κ2) is 41.4. The number of nitrogens with zero attached hydrogens (tertiary/aromatic N) is 1. The molecule has 0 bridgehead atoms. The predicted octanol–water partition coefficient (Wildman–Crippen LogP) is 14.4. The number of hydrogen-bond donors (Lipinski definition) is 1. The van der Waals surface area contributed by atoms with E-state index in [1.54, 1.807) is 0 Å². The Morgan fingerprint density at radius 3 is 1.10 bits per heavy atom. The van der Waals surface area contributed by atoms with Crippen molar-refractivity contribution < 1.29 is 42.1 Å². The lowest BCUT2D eigenvalue weighted by Gasteiger charge is -2.24. The van der Waals surface area contributed by atoms with Crippen LogP contribution in [-0.4, -0.2) is 74.9 Å². The van der Waals surface area contributed by atoms with Crippen LogP contribution in [0.2, 0.25) is 0 Å². The minimum atomic E-state index is -4.37. The van der Waals surface area contributed by atoms with Crippen molar-refractivity contribution in [2.75, 3.05) is 47.5 Å². The average Bonchev–Trinajstić information content (AvgIpc) is 3.17. The molecule has 0 aromatic heterocycles. The minimum Gasteiger partial charge on any atom is -0.462 e. The van der Waals surface area contributed by atoms with E-state index in [1.165, 1.54) is 180 Å². The Morgan fingerprint density at radius 2 is 0.776 bits per heavy atom. The lowest BCUT2D eigenvalue weighted by atomic mass is 10.0. The molecule has 10 heteroatoms. The summed E-state index contributed by atoms with van der Waals surface area (Å²) < 4.78 is 34.4. The molecule has 0 rings (SSSR count). The maximum Gasteiger partial charge on any atom is 0.472 e. The summed E-state index contributed by atoms with van der Waals surface area (Å²) in [6.07, 6.45) is 42.9. The molecule has 0 aromatic carbocycles. The maximum atomic E-state index is 12.7. The highest BCUT2D eigenvalue weighted by Gasteiger charge is 2.27. The van der Waals surface area contributed by atoms with Gasteiger partial charge in [0.25, 0.3) is 0 Å². The lowest BCUT2D eigenvalue weighted by molar-refractivity contribution is -0.870. The number of hydrogen-bond acceptors (Lipinski definition) is 7. The summed E-state index contributed by atoms with van der Waals surface area (Å²) in [5.74, 6) is -0.779. The van der Waals surface area contributed by atoms with Crippen molar-refractivity contribution in [2.45, 2.75) is 251 Å². The fraction of sp³-hybridized carbons (Fsp3) is 0.958. The van der Waals surface area contributed by atoms with Gasteiger partial charge in [-0.3, -0.25) is 18.6 Å². The molecule has 2 unspecified atom stereocenters. The zero-order valence-electron chi connectivity index (χ0n) is 39.1. The summed E-state index contributed by atoms with van der Waals surface area (Å²) in [6, 6.07) is 0. The summed E-state index contributed by atoms with van der Waals surface area (Å²) in [7, 11) is 1.50. The van der Waals surface area contributed by atoms with Crippen molar-refractivity contribution in [1.82, 2.24) is 0 Å². The van der Waals surface area contributed by atoms with Crippen LogP contribution < -0.4 is 0 Å². The van der Waals surface area contributed by atoms with Gasteiger partial charge in [-0.25, -0.2) is 4.57 Å². The SMILES string of the molecule is CCCCCCCCCCCCCCCCCCCCCC(=O)OCC(COP(=O)(O)OCC[N+](C)(C)C)OC(=O)CCCCCCCCCCCCCCCCC. The molecule has 0 radical (unpaired) electrons. The third-order valence-electron chi connectivity index (χ3n) is 11.1. The van der Waals surface area contributed by atoms with Gasteiger partial charge in [0.2, 0.25) is 0 Å². The molecule has 346 valence electrons. The number of phosphoric ester groups is 1. The molecule has 0 aliphatic heterocycles. The zero-order valence-corrected chi connectivity index (χ0v) is 40.0. The van der Waals surface area contributed by atoms with E-state index in [2.05, 4.69) is 13.8 Å². The number of likely N-dealkylation sites (N-methyl/N-ethyl adjacent to an activating group) is 1. The van der Waals surface area contributed by atoms with E-state index in [0.29, 0.717) is 17.4 Å². The Bertz CT molecular complexity index is 958. The van der Waals surface area contributed by atoms with Crippen LogP contribution in [0.4, 0.5) is 0 Å². The van der Waals surface area contributed by atoms with E-state index in [1.807, 2.05) is 21.1 Å². The highest BCUT2D eigenvalue weighted by atomic mass is 31.2. The molecule has 0 aromatic rings. The van der Waals surface area contributed by atoms with Gasteiger partial charge in [0.1, 0.15) is 19.8 Å². The van der Waals surface area contributed by atoms with Gasteiger partial charge in [-0.2, -0.15) is 0 Å². The normalized spacial score (nSPS) is 13.4. The monoisotopic (exact) mass is 847 g/mol. The number of rotatable bonds is 46. The molecular formula is C48H97NO8P+. The van der Waals surface area contributed by atoms with Crippen molar-refractivity contribution >= 4 is 19.8 Å². The molecule has 0 saturated heterocycles. The first kappa shape index (κ1) is 57.0. The van der Waals surface area contributed by atoms with Crippen molar-refractivity contribution in [1.29, 1.82) is 0 Å². The van der Waals surface area contributed by atoms with E-state index < -0.39 is 26.5 Å². The summed E-state index contributed by atoms with van der Waals surface area (Å²) in [5, 5.41) is 0. The first-order valence-electron chi connectivity index (χ1n) is 24.8. The third-order valence-corrected chi connectivity index (χ3v) is 12.1. The Labute approximate surface area is 359 Å². The average molecular weight is 847 g/mol. The number of quaternary nitrogens is 1. The van der Waals surface area contributed by atoms with Crippen LogP contribution in [-0.2, 0) is 32.7 Å². The fourth-order valence-electron chi connectivity index (χ4n) is 7.25. The number of phosphoric acid groups is 1. The van der Waals surface area contributed by atoms with Gasteiger partial charge in [-0.05, 0) is 12.8 Å². The summed E-state index contributed by atoms with van der Waals surface area (Å²) in [5.41, 5.74) is 0. The molecular weight excluding hydrogens is 750 g/mol. The first-order chi connectivity index (χ1) is 28.0. The summed E-state index contributed by atoms with van der Waals surface area (Å²) in [6.45, 7) is 4.48. The van der Waals surface area contributed by atoms with Crippen LogP contribution in [0.1, 0.15) is 245 Å². The number of ether oxygens (including phenoxy) is 2. The quantitative estimate of drug-likeness (QED) is 0.0279. The van der Waals surface area contributed by atoms with E-state index in [-0.39, 0.29) is 25.6 Å². The van der Waals surface area contributed by atoms with Gasteiger partial charge in [0.05, 0.1) is 27.7 Å². The summed E-state index contributed by atoms with van der Waals surface area (Å²) in [4.78, 5) is 35.5. The van der Waals surface area contributed by atoms with Gasteiger partial charge < -0.3 is 18.9 Å². The highest BCUT2D eigenvalue weighted by molar-refractivity contribution is 7.47. The Hall–Kier alpha value is -0.990. The standard InChI is InChI=1S/C48H96NO8P/c1-6-8-10-12-14-16-18-20-22-23-24-25-27-28-30-32-34-36-38-40-47(50)54-44-46(45-56-58(52,53)55-43-42-49(3,4)5)57-48(51)41-39-37-35-33-31-29-26-21-19-17-15-13-11-9-7-2/h46H,6-45H2,1-5H3/p+1. The van der Waals surface area contributed by atoms with Crippen molar-refractivity contribution in [3.05, 3.63) is 0 Å². The van der Waals surface area contributed by atoms with Crippen molar-refractivity contribution in [2.24, 2.45) is 0 Å². The van der Waals surface area contributed by atoms with Crippen molar-refractivity contribution in [3.8, 4) is 0 Å². The first-order valence-corrected chi connectivity index (χ1v) is 26.3. The number of unbranched alkanes of at least 4 members (excludes halogenated alkanes) is 32. The molecule has 0 spiro atoms. The van der Waals surface area contributed by atoms with Crippen LogP contribution in [0.3, 0.4) is 0 Å². The molecule has 9 nitrogen and oxygen atoms in total. The largest absolute Gasteiger partial charge is 0.472 e. The van der Waals surface area contributed by atoms with Crippen LogP contribution in [0.25, 0.3) is 0 Å². The Kier molecular flexibility index (Phi) is 40.7. The van der Waals surface area contributed by atoms with Crippen LogP contribution in [0, 0.1) is 0 Å². The number of esters is 2. The second-order valence-corrected chi connectivity index (χ2v) is 19.7. The van der Waals surface area contributed by atoms with Crippen molar-refractivity contribution in [3.63, 3.8) is 0 Å². The zero-order chi connectivity index (χ0) is 42.8. The van der Waals surface area contributed by atoms with E-state index in [9.17, 15) is 19.0 Å². The van der Waals surface area contributed by atoms with E-state index in [0.717, 1.165) is 38.5 Å². The van der Waals surface area contributed by atoms with Crippen LogP contribution in [0.5, 0.6) is 0 Å². The second-order valence-electron chi connectivity index (χ2n) is 18.2. The highest BCUT2D eigenvalue weighted by Crippen LogP contribution is 2.43. The van der Waals surface area contributed by atoms with Crippen LogP contribution >= 0.6 is 7.82 Å². The Morgan fingerprint density at radius 1 is 0.466 bits per heavy atom. The molecule has 0 heterocycles. The number of carbonyl (C=O) groups is 2. The van der Waals surface area contributed by atoms with Gasteiger partial charge in [-0.1, -0.05) is 219 Å². The molecule has 0 aliphatic rings. The minimum absolute atomic E-state index is 0.0371. The van der Waals surface area contributed by atoms with Gasteiger partial charge >= 0.3 is 19.8 Å². The van der Waals surface area contributed by atoms with Gasteiger partial charge in [0.15, 0.2) is 6.10 Å². The van der Waals surface area contributed by atoms with Gasteiger partial charge in [0, 0.05) is 12.8 Å². The molecule has 0 saturated carbocycles. The predicted molar refractivity (Wildman–Crippen MR) is 243 cm³/mol. The summed E-state index contributed by atoms with van der Waals surface area (Å²) >= 11 is 0. The molecule has 58 heavy (non-hydrogen) atoms. The van der Waals surface area contributed by atoms with Gasteiger partial charge in [-0.15, -0.1) is 0 Å². The molecule has 0 amide bonds. The van der Waals surface area contributed by atoms with E-state index >= 15 is 0 Å². The fourth-order valence-corrected chi connectivity index (χ4v) is 7.99. The lowest BCUT2D eigenvalue weighted by Crippen LogP contribution is -2.37. The molecule has 0 fully saturated rings. The van der Waals surface area contributed by atoms with E-state index in [4.69, 9.17) is 18.5 Å². The third kappa shape index (κ3) is 44.6. The topological polar surface area (TPSA) is 108 Å². The number of carbonyl (C=O) groups excluding carboxylic acids is 2. The molecule has 2 atom stereocenters.